The normalized spacial score (nSPS) is 11.8. The first-order chi connectivity index (χ1) is 8.94. The van der Waals surface area contributed by atoms with E-state index in [1.165, 1.54) is 6.07 Å². The Balaban J connectivity index is 2.26. The molecule has 2 rings (SSSR count). The molecular formula is C13H15ClFN3O. The molecule has 0 saturated heterocycles. The van der Waals surface area contributed by atoms with Crippen molar-refractivity contribution < 1.29 is 8.91 Å². The number of hydrogen-bond donors (Lipinski definition) is 1. The largest absolute Gasteiger partial charge is 0.339 e. The van der Waals surface area contributed by atoms with E-state index in [4.69, 9.17) is 21.9 Å². The second-order valence-electron chi connectivity index (χ2n) is 4.98. The summed E-state index contributed by atoms with van der Waals surface area (Å²) in [5.74, 6) is 0.456. The van der Waals surface area contributed by atoms with Crippen LogP contribution < -0.4 is 5.73 Å². The average Bonchev–Trinajstić information content (AvgIpc) is 2.83. The predicted octanol–water partition coefficient (Wildman–Crippen LogP) is 2.69. The highest BCUT2D eigenvalue weighted by molar-refractivity contribution is 6.31. The van der Waals surface area contributed by atoms with Crippen molar-refractivity contribution in [3.8, 4) is 0 Å². The van der Waals surface area contributed by atoms with E-state index >= 15 is 0 Å². The van der Waals surface area contributed by atoms with Crippen molar-refractivity contribution in [1.82, 2.24) is 10.1 Å². The van der Waals surface area contributed by atoms with E-state index in [9.17, 15) is 4.39 Å². The molecular weight excluding hydrogens is 269 g/mol. The highest BCUT2D eigenvalue weighted by Crippen LogP contribution is 2.23. The Morgan fingerprint density at radius 3 is 2.79 bits per heavy atom. The molecule has 0 fully saturated rings. The molecule has 0 spiro atoms. The van der Waals surface area contributed by atoms with Crippen LogP contribution in [0.5, 0.6) is 0 Å². The number of hydrogen-bond acceptors (Lipinski definition) is 4. The molecule has 0 bridgehead atoms. The summed E-state index contributed by atoms with van der Waals surface area (Å²) in [7, 11) is 0. The number of benzene rings is 1. The summed E-state index contributed by atoms with van der Waals surface area (Å²) >= 11 is 5.96. The molecule has 0 aliphatic carbocycles. The highest BCUT2D eigenvalue weighted by atomic mass is 35.5. The van der Waals surface area contributed by atoms with E-state index in [-0.39, 0.29) is 12.2 Å². The maximum absolute atomic E-state index is 13.7. The van der Waals surface area contributed by atoms with Gasteiger partial charge in [-0.05, 0) is 26.0 Å². The van der Waals surface area contributed by atoms with Crippen molar-refractivity contribution in [3.63, 3.8) is 0 Å². The zero-order valence-electron chi connectivity index (χ0n) is 10.8. The van der Waals surface area contributed by atoms with E-state index < -0.39 is 5.41 Å². The van der Waals surface area contributed by atoms with Crippen LogP contribution in [-0.4, -0.2) is 16.7 Å². The summed E-state index contributed by atoms with van der Waals surface area (Å²) in [5.41, 5.74) is 5.60. The fourth-order valence-corrected chi connectivity index (χ4v) is 1.78. The zero-order chi connectivity index (χ0) is 14.0. The van der Waals surface area contributed by atoms with Gasteiger partial charge < -0.3 is 10.3 Å². The van der Waals surface area contributed by atoms with Crippen LogP contribution in [0.25, 0.3) is 0 Å². The van der Waals surface area contributed by atoms with Crippen molar-refractivity contribution in [2.24, 2.45) is 5.73 Å². The Kier molecular flexibility index (Phi) is 3.87. The predicted molar refractivity (Wildman–Crippen MR) is 70.6 cm³/mol. The van der Waals surface area contributed by atoms with Gasteiger partial charge in [0.1, 0.15) is 5.82 Å². The minimum Gasteiger partial charge on any atom is -0.339 e. The van der Waals surface area contributed by atoms with Gasteiger partial charge in [0.25, 0.3) is 0 Å². The van der Waals surface area contributed by atoms with Crippen LogP contribution in [0.15, 0.2) is 22.7 Å². The first kappa shape index (κ1) is 14.0. The fourth-order valence-electron chi connectivity index (χ4n) is 1.55. The average molecular weight is 284 g/mol. The van der Waals surface area contributed by atoms with Gasteiger partial charge in [-0.25, -0.2) is 4.39 Å². The van der Waals surface area contributed by atoms with Crippen molar-refractivity contribution in [3.05, 3.63) is 46.3 Å². The minimum atomic E-state index is -0.399. The molecule has 0 aliphatic heterocycles. The summed E-state index contributed by atoms with van der Waals surface area (Å²) in [5, 5.41) is 4.19. The number of halogens is 2. The van der Waals surface area contributed by atoms with Crippen LogP contribution in [0.1, 0.15) is 31.1 Å². The fraction of sp³-hybridized carbons (Fsp3) is 0.385. The van der Waals surface area contributed by atoms with Gasteiger partial charge >= 0.3 is 0 Å². The molecule has 1 aromatic carbocycles. The molecule has 0 atom stereocenters. The third kappa shape index (κ3) is 2.93. The van der Waals surface area contributed by atoms with Crippen LogP contribution in [0.2, 0.25) is 5.02 Å². The van der Waals surface area contributed by atoms with Crippen LogP contribution in [-0.2, 0) is 11.8 Å². The molecule has 1 heterocycles. The maximum atomic E-state index is 13.7. The van der Waals surface area contributed by atoms with E-state index in [2.05, 4.69) is 10.1 Å². The Bertz CT molecular complexity index is 563. The first-order valence-corrected chi connectivity index (χ1v) is 6.28. The monoisotopic (exact) mass is 283 g/mol. The lowest BCUT2D eigenvalue weighted by Crippen LogP contribution is -2.28. The quantitative estimate of drug-likeness (QED) is 0.937. The first-order valence-electron chi connectivity index (χ1n) is 5.90. The minimum absolute atomic E-state index is 0.190. The van der Waals surface area contributed by atoms with Crippen molar-refractivity contribution in [1.29, 1.82) is 0 Å². The molecule has 0 saturated carbocycles. The van der Waals surface area contributed by atoms with Crippen LogP contribution in [0.3, 0.4) is 0 Å². The highest BCUT2D eigenvalue weighted by Gasteiger charge is 2.26. The van der Waals surface area contributed by atoms with Crippen molar-refractivity contribution in [2.45, 2.75) is 25.7 Å². The maximum Gasteiger partial charge on any atom is 0.233 e. The Morgan fingerprint density at radius 1 is 1.42 bits per heavy atom. The van der Waals surface area contributed by atoms with Crippen molar-refractivity contribution in [2.75, 3.05) is 6.54 Å². The molecule has 0 radical (unpaired) electrons. The van der Waals surface area contributed by atoms with Crippen LogP contribution in [0.4, 0.5) is 4.39 Å². The molecule has 0 aliphatic rings. The Hall–Kier alpha value is -1.46. The SMILES string of the molecule is CC(C)(CN)c1nc(Cc2c(F)cccc2Cl)no1. The summed E-state index contributed by atoms with van der Waals surface area (Å²) < 4.78 is 18.8. The van der Waals surface area contributed by atoms with Gasteiger partial charge in [-0.2, -0.15) is 4.98 Å². The number of nitrogens with two attached hydrogens (primary N) is 1. The van der Waals surface area contributed by atoms with E-state index in [1.807, 2.05) is 13.8 Å². The van der Waals surface area contributed by atoms with E-state index in [1.54, 1.807) is 12.1 Å². The third-order valence-corrected chi connectivity index (χ3v) is 3.31. The zero-order valence-corrected chi connectivity index (χ0v) is 11.5. The lowest BCUT2D eigenvalue weighted by Gasteiger charge is -2.15. The topological polar surface area (TPSA) is 64.9 Å². The molecule has 19 heavy (non-hydrogen) atoms. The number of nitrogens with zero attached hydrogens (tertiary/aromatic N) is 2. The second-order valence-corrected chi connectivity index (χ2v) is 5.39. The molecule has 2 N–H and O–H groups in total. The standard InChI is InChI=1S/C13H15ClFN3O/c1-13(2,7-16)12-17-11(18-19-12)6-8-9(14)4-3-5-10(8)15/h3-5H,6-7,16H2,1-2H3. The lowest BCUT2D eigenvalue weighted by molar-refractivity contribution is 0.309. The van der Waals surface area contributed by atoms with Gasteiger partial charge in [-0.1, -0.05) is 22.8 Å². The molecule has 2 aromatic rings. The van der Waals surface area contributed by atoms with Gasteiger partial charge in [0.2, 0.25) is 5.89 Å². The van der Waals surface area contributed by atoms with Gasteiger partial charge in [-0.3, -0.25) is 0 Å². The summed E-state index contributed by atoms with van der Waals surface area (Å²) in [6, 6.07) is 4.54. The third-order valence-electron chi connectivity index (χ3n) is 2.95. The van der Waals surface area contributed by atoms with Crippen LogP contribution >= 0.6 is 11.6 Å². The van der Waals surface area contributed by atoms with Gasteiger partial charge in [0.05, 0.1) is 5.41 Å². The smallest absolute Gasteiger partial charge is 0.233 e. The van der Waals surface area contributed by atoms with Gasteiger partial charge in [0, 0.05) is 23.6 Å². The molecule has 102 valence electrons. The molecule has 0 unspecified atom stereocenters. The summed E-state index contributed by atoms with van der Waals surface area (Å²) in [6.45, 7) is 4.19. The van der Waals surface area contributed by atoms with Crippen LogP contribution in [0, 0.1) is 5.82 Å². The molecule has 0 amide bonds. The molecule has 4 nitrogen and oxygen atoms in total. The van der Waals surface area contributed by atoms with Gasteiger partial charge in [0.15, 0.2) is 5.82 Å². The Morgan fingerprint density at radius 2 is 2.16 bits per heavy atom. The molecule has 1 aromatic heterocycles. The van der Waals surface area contributed by atoms with Crippen molar-refractivity contribution >= 4 is 11.6 Å². The van der Waals surface area contributed by atoms with E-state index in [0.717, 1.165) is 0 Å². The summed E-state index contributed by atoms with van der Waals surface area (Å²) in [4.78, 5) is 4.25. The number of aromatic nitrogens is 2. The van der Waals surface area contributed by atoms with Gasteiger partial charge in [-0.15, -0.1) is 0 Å². The second kappa shape index (κ2) is 5.27. The Labute approximate surface area is 115 Å². The summed E-state index contributed by atoms with van der Waals surface area (Å²) in [6.07, 6.45) is 0.190. The number of rotatable bonds is 4. The lowest BCUT2D eigenvalue weighted by atomic mass is 9.94. The molecule has 6 heteroatoms. The van der Waals surface area contributed by atoms with E-state index in [0.29, 0.717) is 28.8 Å².